The van der Waals surface area contributed by atoms with E-state index in [0.29, 0.717) is 18.8 Å². The molecule has 32 heavy (non-hydrogen) atoms. The first-order chi connectivity index (χ1) is 15.1. The van der Waals surface area contributed by atoms with Crippen LogP contribution < -0.4 is 5.32 Å². The van der Waals surface area contributed by atoms with E-state index >= 15 is 0 Å². The minimum Gasteiger partial charge on any atom is -0.388 e. The quantitative estimate of drug-likeness (QED) is 0.635. The summed E-state index contributed by atoms with van der Waals surface area (Å²) in [5.74, 6) is -0.0680. The minimum absolute atomic E-state index is 0.0506. The predicted octanol–water partition coefficient (Wildman–Crippen LogP) is 3.36. The van der Waals surface area contributed by atoms with E-state index < -0.39 is 22.2 Å². The molecule has 1 aliphatic heterocycles. The first-order valence-corrected chi connectivity index (χ1v) is 12.4. The van der Waals surface area contributed by atoms with E-state index in [9.17, 15) is 18.3 Å². The molecule has 2 atom stereocenters. The molecule has 0 aromatic heterocycles. The molecule has 3 rings (SSSR count). The van der Waals surface area contributed by atoms with Gasteiger partial charge in [0.25, 0.3) is 0 Å². The zero-order valence-corrected chi connectivity index (χ0v) is 20.1. The Balaban J connectivity index is 1.61. The Bertz CT molecular complexity index is 1040. The van der Waals surface area contributed by atoms with Crippen molar-refractivity contribution in [1.82, 2.24) is 9.21 Å². The molecule has 2 unspecified atom stereocenters. The summed E-state index contributed by atoms with van der Waals surface area (Å²) in [6.07, 6.45) is 1.08. The lowest BCUT2D eigenvalue weighted by Crippen LogP contribution is -2.46. The van der Waals surface area contributed by atoms with E-state index in [1.54, 1.807) is 6.07 Å². The molecule has 2 aromatic rings. The van der Waals surface area contributed by atoms with Crippen molar-refractivity contribution >= 4 is 33.2 Å². The smallest absolute Gasteiger partial charge is 0.244 e. The average molecular weight is 480 g/mol. The van der Waals surface area contributed by atoms with Crippen LogP contribution in [0.2, 0.25) is 5.02 Å². The van der Waals surface area contributed by atoms with Crippen molar-refractivity contribution in [2.45, 2.75) is 36.8 Å². The van der Waals surface area contributed by atoms with Crippen LogP contribution in [0.1, 0.15) is 31.4 Å². The van der Waals surface area contributed by atoms with Gasteiger partial charge >= 0.3 is 0 Å². The van der Waals surface area contributed by atoms with Gasteiger partial charge in [0.2, 0.25) is 15.9 Å². The number of aliphatic hydroxyl groups excluding tert-OH is 1. The Morgan fingerprint density at radius 2 is 1.78 bits per heavy atom. The zero-order chi connectivity index (χ0) is 23.5. The monoisotopic (exact) mass is 479 g/mol. The second-order valence-corrected chi connectivity index (χ2v) is 10.9. The van der Waals surface area contributed by atoms with Crippen molar-refractivity contribution < 1.29 is 18.3 Å². The first-order valence-electron chi connectivity index (χ1n) is 10.6. The molecule has 1 saturated heterocycles. The van der Waals surface area contributed by atoms with Crippen LogP contribution in [0.3, 0.4) is 0 Å². The summed E-state index contributed by atoms with van der Waals surface area (Å²) < 4.78 is 26.0. The molecule has 2 N–H and O–H groups in total. The first kappa shape index (κ1) is 24.7. The van der Waals surface area contributed by atoms with Crippen LogP contribution in [0.25, 0.3) is 0 Å². The Labute approximate surface area is 195 Å². The summed E-state index contributed by atoms with van der Waals surface area (Å²) in [6.45, 7) is 3.23. The zero-order valence-electron chi connectivity index (χ0n) is 18.5. The number of sulfonamides is 1. The predicted molar refractivity (Wildman–Crippen MR) is 126 cm³/mol. The van der Waals surface area contributed by atoms with Gasteiger partial charge in [0.05, 0.1) is 17.2 Å². The number of aliphatic hydroxyl groups is 1. The average Bonchev–Trinajstić information content (AvgIpc) is 2.79. The lowest BCUT2D eigenvalue weighted by molar-refractivity contribution is -0.121. The van der Waals surface area contributed by atoms with Gasteiger partial charge in [-0.05, 0) is 62.5 Å². The molecule has 7 nitrogen and oxygen atoms in total. The molecule has 174 valence electrons. The lowest BCUT2D eigenvalue weighted by atomic mass is 9.87. The number of piperidine rings is 1. The number of benzene rings is 2. The normalized spacial score (nSPS) is 17.8. The molecule has 0 radical (unpaired) electrons. The SMILES string of the molecule is CC(C(=O)Nc1ccc(Cl)c(S(=O)(=O)N(C)C)c1)N1CCC(C(O)c2ccccc2)CC1. The molecule has 9 heteroatoms. The van der Waals surface area contributed by atoms with Gasteiger partial charge in [0.1, 0.15) is 4.90 Å². The summed E-state index contributed by atoms with van der Waals surface area (Å²) in [5.41, 5.74) is 1.30. The molecule has 1 heterocycles. The maximum Gasteiger partial charge on any atom is 0.244 e. The van der Waals surface area contributed by atoms with Crippen LogP contribution in [0.5, 0.6) is 0 Å². The molecule has 0 aliphatic carbocycles. The van der Waals surface area contributed by atoms with E-state index in [2.05, 4.69) is 10.2 Å². The van der Waals surface area contributed by atoms with Gasteiger partial charge in [0.15, 0.2) is 0 Å². The van der Waals surface area contributed by atoms with E-state index in [-0.39, 0.29) is 21.7 Å². The molecule has 1 amide bonds. The van der Waals surface area contributed by atoms with Gasteiger partial charge in [-0.3, -0.25) is 9.69 Å². The fourth-order valence-electron chi connectivity index (χ4n) is 3.93. The molecular formula is C23H30ClN3O4S. The van der Waals surface area contributed by atoms with Crippen LogP contribution >= 0.6 is 11.6 Å². The highest BCUT2D eigenvalue weighted by atomic mass is 35.5. The fraction of sp³-hybridized carbons (Fsp3) is 0.435. The van der Waals surface area contributed by atoms with Crippen molar-refractivity contribution in [3.8, 4) is 0 Å². The number of carbonyl (C=O) groups excluding carboxylic acids is 1. The van der Waals surface area contributed by atoms with Gasteiger partial charge in [-0.2, -0.15) is 0 Å². The van der Waals surface area contributed by atoms with Crippen molar-refractivity contribution in [1.29, 1.82) is 0 Å². The number of rotatable bonds is 7. The summed E-state index contributed by atoms with van der Waals surface area (Å²) in [5, 5.41) is 13.6. The number of carbonyl (C=O) groups is 1. The number of amides is 1. The van der Waals surface area contributed by atoms with Crippen molar-refractivity contribution in [2.75, 3.05) is 32.5 Å². The highest BCUT2D eigenvalue weighted by molar-refractivity contribution is 7.89. The van der Waals surface area contributed by atoms with Crippen molar-refractivity contribution in [2.24, 2.45) is 5.92 Å². The number of hydrogen-bond acceptors (Lipinski definition) is 5. The second kappa shape index (κ2) is 10.3. The standard InChI is InChI=1S/C23H30ClN3O4S/c1-16(27-13-11-18(12-14-27)22(28)17-7-5-4-6-8-17)23(29)25-19-9-10-20(24)21(15-19)32(30,31)26(2)3/h4-10,15-16,18,22,28H,11-14H2,1-3H3,(H,25,29). The maximum absolute atomic E-state index is 12.8. The number of likely N-dealkylation sites (tertiary alicyclic amines) is 1. The largest absolute Gasteiger partial charge is 0.388 e. The molecule has 0 bridgehead atoms. The Kier molecular flexibility index (Phi) is 7.95. The number of nitrogens with one attached hydrogen (secondary N) is 1. The van der Waals surface area contributed by atoms with Crippen LogP contribution in [0.4, 0.5) is 5.69 Å². The summed E-state index contributed by atoms with van der Waals surface area (Å²) in [4.78, 5) is 14.9. The molecule has 1 fully saturated rings. The Morgan fingerprint density at radius 3 is 2.38 bits per heavy atom. The highest BCUT2D eigenvalue weighted by Crippen LogP contribution is 2.31. The Hall–Kier alpha value is -1.97. The summed E-state index contributed by atoms with van der Waals surface area (Å²) >= 11 is 6.08. The van der Waals surface area contributed by atoms with Gasteiger partial charge in [-0.15, -0.1) is 0 Å². The minimum atomic E-state index is -3.73. The lowest BCUT2D eigenvalue weighted by Gasteiger charge is -2.37. The van der Waals surface area contributed by atoms with Crippen LogP contribution in [-0.2, 0) is 14.8 Å². The second-order valence-electron chi connectivity index (χ2n) is 8.33. The topological polar surface area (TPSA) is 90.0 Å². The van der Waals surface area contributed by atoms with Gasteiger partial charge < -0.3 is 10.4 Å². The third-order valence-electron chi connectivity index (χ3n) is 6.05. The van der Waals surface area contributed by atoms with Crippen molar-refractivity contribution in [3.05, 3.63) is 59.1 Å². The number of halogens is 1. The van der Waals surface area contributed by atoms with E-state index in [1.165, 1.54) is 26.2 Å². The van der Waals surface area contributed by atoms with Crippen LogP contribution in [0, 0.1) is 5.92 Å². The Morgan fingerprint density at radius 1 is 1.16 bits per heavy atom. The maximum atomic E-state index is 12.8. The molecular weight excluding hydrogens is 450 g/mol. The third kappa shape index (κ3) is 5.50. The highest BCUT2D eigenvalue weighted by Gasteiger charge is 2.30. The molecule has 0 saturated carbocycles. The summed E-state index contributed by atoms with van der Waals surface area (Å²) in [7, 11) is -0.872. The third-order valence-corrected chi connectivity index (χ3v) is 8.34. The van der Waals surface area contributed by atoms with Crippen LogP contribution in [-0.4, -0.2) is 61.9 Å². The number of nitrogens with zero attached hydrogens (tertiary/aromatic N) is 2. The van der Waals surface area contributed by atoms with Gasteiger partial charge in [-0.25, -0.2) is 12.7 Å². The number of hydrogen-bond donors (Lipinski definition) is 2. The molecule has 2 aromatic carbocycles. The van der Waals surface area contributed by atoms with Crippen LogP contribution in [0.15, 0.2) is 53.4 Å². The van der Waals surface area contributed by atoms with Gasteiger partial charge in [0, 0.05) is 19.8 Å². The molecule has 1 aliphatic rings. The van der Waals surface area contributed by atoms with Crippen molar-refractivity contribution in [3.63, 3.8) is 0 Å². The van der Waals surface area contributed by atoms with E-state index in [0.717, 1.165) is 22.7 Å². The molecule has 0 spiro atoms. The summed E-state index contributed by atoms with van der Waals surface area (Å²) in [6, 6.07) is 13.7. The fourth-order valence-corrected chi connectivity index (χ4v) is 5.33. The van der Waals surface area contributed by atoms with E-state index in [4.69, 9.17) is 11.6 Å². The van der Waals surface area contributed by atoms with E-state index in [1.807, 2.05) is 37.3 Å². The van der Waals surface area contributed by atoms with Gasteiger partial charge in [-0.1, -0.05) is 41.9 Å². The number of anilines is 1.